The lowest BCUT2D eigenvalue weighted by Gasteiger charge is -2.33. The van der Waals surface area contributed by atoms with E-state index in [-0.39, 0.29) is 22.4 Å². The minimum Gasteiger partial charge on any atom is -0.367 e. The van der Waals surface area contributed by atoms with Crippen molar-refractivity contribution in [3.63, 3.8) is 0 Å². The molecule has 0 radical (unpaired) electrons. The topological polar surface area (TPSA) is 78.8 Å². The first-order valence-electron chi connectivity index (χ1n) is 15.6. The van der Waals surface area contributed by atoms with E-state index in [1.165, 1.54) is 27.7 Å². The second-order valence-corrected chi connectivity index (χ2v) is 13.4. The molecule has 45 heavy (non-hydrogen) atoms. The van der Waals surface area contributed by atoms with E-state index in [9.17, 15) is 18.0 Å². The number of aryl methyl sites for hydroxylation is 3. The zero-order valence-electron chi connectivity index (χ0n) is 26.1. The molecule has 2 N–H and O–H groups in total. The molecule has 1 atom stereocenters. The molecule has 7 nitrogen and oxygen atoms in total. The van der Waals surface area contributed by atoms with Gasteiger partial charge in [-0.05, 0) is 61.6 Å². The quantitative estimate of drug-likeness (QED) is 0.175. The molecule has 1 aliphatic rings. The van der Waals surface area contributed by atoms with Crippen molar-refractivity contribution in [1.29, 1.82) is 0 Å². The average molecular weight is 637 g/mol. The minimum absolute atomic E-state index is 0.0882. The van der Waals surface area contributed by atoms with Gasteiger partial charge < -0.3 is 14.9 Å². The number of thiophene rings is 1. The molecule has 6 rings (SSSR count). The van der Waals surface area contributed by atoms with Crippen molar-refractivity contribution in [2.45, 2.75) is 84.6 Å². The molecular formula is C34H39F3N6OS. The first kappa shape index (κ1) is 31.3. The third kappa shape index (κ3) is 6.94. The Balaban J connectivity index is 1.12. The molecule has 4 aromatic heterocycles. The Kier molecular flexibility index (Phi) is 8.76. The fraction of sp³-hybridized carbons (Fsp3) is 0.441. The fourth-order valence-electron chi connectivity index (χ4n) is 6.41. The lowest BCUT2D eigenvalue weighted by molar-refractivity contribution is -0.126. The maximum Gasteiger partial charge on any atom is 0.393 e. The van der Waals surface area contributed by atoms with Gasteiger partial charge in [-0.15, -0.1) is 11.3 Å². The predicted octanol–water partition coefficient (Wildman–Crippen LogP) is 7.50. The number of H-pyrrole nitrogens is 1. The van der Waals surface area contributed by atoms with Crippen molar-refractivity contribution in [2.75, 3.05) is 18.4 Å². The monoisotopic (exact) mass is 636 g/mol. The summed E-state index contributed by atoms with van der Waals surface area (Å²) in [5.74, 6) is 1.54. The van der Waals surface area contributed by atoms with Gasteiger partial charge in [-0.3, -0.25) is 9.69 Å². The number of aromatic nitrogens is 4. The van der Waals surface area contributed by atoms with Gasteiger partial charge >= 0.3 is 6.18 Å². The summed E-state index contributed by atoms with van der Waals surface area (Å²) in [6.07, 6.45) is -0.922. The van der Waals surface area contributed by atoms with Crippen molar-refractivity contribution in [3.05, 3.63) is 86.0 Å². The number of hydrogen-bond donors (Lipinski definition) is 2. The fourth-order valence-corrected chi connectivity index (χ4v) is 7.49. The van der Waals surface area contributed by atoms with Crippen LogP contribution < -0.4 is 10.9 Å². The number of fused-ring (bicyclic) bond motifs is 2. The summed E-state index contributed by atoms with van der Waals surface area (Å²) in [5, 5.41) is 5.51. The van der Waals surface area contributed by atoms with Gasteiger partial charge in [-0.1, -0.05) is 26.0 Å². The van der Waals surface area contributed by atoms with E-state index >= 15 is 0 Å². The second kappa shape index (κ2) is 12.6. The van der Waals surface area contributed by atoms with Gasteiger partial charge in [0.05, 0.1) is 11.8 Å². The molecule has 0 bridgehead atoms. The van der Waals surface area contributed by atoms with Crippen LogP contribution in [-0.4, -0.2) is 49.7 Å². The molecule has 1 fully saturated rings. The molecule has 1 unspecified atom stereocenters. The summed E-state index contributed by atoms with van der Waals surface area (Å²) >= 11 is 1.11. The van der Waals surface area contributed by atoms with Crippen molar-refractivity contribution < 1.29 is 13.2 Å². The van der Waals surface area contributed by atoms with Gasteiger partial charge in [0.2, 0.25) is 5.56 Å². The smallest absolute Gasteiger partial charge is 0.367 e. The van der Waals surface area contributed by atoms with E-state index in [4.69, 9.17) is 0 Å². The van der Waals surface area contributed by atoms with Crippen molar-refractivity contribution in [1.82, 2.24) is 24.4 Å². The first-order valence-corrected chi connectivity index (χ1v) is 16.4. The zero-order valence-corrected chi connectivity index (χ0v) is 26.9. The summed E-state index contributed by atoms with van der Waals surface area (Å²) in [7, 11) is 0. The normalized spacial score (nSPS) is 15.7. The zero-order chi connectivity index (χ0) is 31.9. The van der Waals surface area contributed by atoms with E-state index in [1.807, 2.05) is 19.2 Å². The number of pyridine rings is 1. The second-order valence-electron chi connectivity index (χ2n) is 12.3. The maximum atomic E-state index is 13.1. The number of alkyl halides is 3. The van der Waals surface area contributed by atoms with Crippen LogP contribution in [0.1, 0.15) is 65.7 Å². The highest BCUT2D eigenvalue weighted by molar-refractivity contribution is 7.18. The largest absolute Gasteiger partial charge is 0.393 e. The standard InChI is InChI=1S/C34H39F3N6OS/c1-5-30-40-32(28-15-26(16-34(35,36)37)45-33(28)41-30)39-25-10-12-42(13-11-25)19-24-6-8-29-27(22(24)4)14-21(3)43(29)18-20(2)23-7-9-31(44)38-17-23/h6-9,14-15,17,20,25H,5,10-13,16,18-19H2,1-4H3,(H,38,44)(H,39,40,41). The lowest BCUT2D eigenvalue weighted by Crippen LogP contribution is -2.39. The molecule has 1 saturated heterocycles. The lowest BCUT2D eigenvalue weighted by atomic mass is 10.0. The Morgan fingerprint density at radius 1 is 1.09 bits per heavy atom. The summed E-state index contributed by atoms with van der Waals surface area (Å²) in [6, 6.07) is 12.0. The number of nitrogens with one attached hydrogen (secondary N) is 2. The van der Waals surface area contributed by atoms with Crippen LogP contribution in [0.2, 0.25) is 0 Å². The minimum atomic E-state index is -4.25. The number of piperidine rings is 1. The molecular weight excluding hydrogens is 597 g/mol. The van der Waals surface area contributed by atoms with Crippen LogP contribution in [0.3, 0.4) is 0 Å². The van der Waals surface area contributed by atoms with Gasteiger partial charge in [0.1, 0.15) is 16.5 Å². The third-order valence-corrected chi connectivity index (χ3v) is 10.0. The Morgan fingerprint density at radius 2 is 1.87 bits per heavy atom. The number of hydrogen-bond acceptors (Lipinski definition) is 6. The van der Waals surface area contributed by atoms with E-state index in [2.05, 4.69) is 68.7 Å². The third-order valence-electron chi connectivity index (χ3n) is 9.01. The molecule has 0 amide bonds. The van der Waals surface area contributed by atoms with Gasteiger partial charge in [0.25, 0.3) is 0 Å². The first-order chi connectivity index (χ1) is 21.5. The van der Waals surface area contributed by atoms with Crippen LogP contribution >= 0.6 is 11.3 Å². The summed E-state index contributed by atoms with van der Waals surface area (Å²) < 4.78 is 41.5. The van der Waals surface area contributed by atoms with E-state index < -0.39 is 12.6 Å². The van der Waals surface area contributed by atoms with Gasteiger partial charge in [-0.25, -0.2) is 9.97 Å². The number of aromatic amines is 1. The van der Waals surface area contributed by atoms with Crippen LogP contribution in [-0.2, 0) is 25.9 Å². The highest BCUT2D eigenvalue weighted by Crippen LogP contribution is 2.34. The summed E-state index contributed by atoms with van der Waals surface area (Å²) in [5.41, 5.74) is 6.08. The van der Waals surface area contributed by atoms with Crippen LogP contribution in [0.25, 0.3) is 21.1 Å². The highest BCUT2D eigenvalue weighted by Gasteiger charge is 2.29. The Hall–Kier alpha value is -3.70. The van der Waals surface area contributed by atoms with Gasteiger partial charge in [-0.2, -0.15) is 13.2 Å². The number of nitrogens with zero attached hydrogens (tertiary/aromatic N) is 4. The van der Waals surface area contributed by atoms with E-state index in [1.54, 1.807) is 12.1 Å². The number of likely N-dealkylation sites (tertiary alicyclic amines) is 1. The number of benzene rings is 1. The van der Waals surface area contributed by atoms with Gasteiger partial charge in [0.15, 0.2) is 0 Å². The summed E-state index contributed by atoms with van der Waals surface area (Å²) in [4.78, 5) is 26.8. The molecule has 238 valence electrons. The predicted molar refractivity (Wildman–Crippen MR) is 175 cm³/mol. The SMILES string of the molecule is CCc1nc(NC2CCN(Cc3ccc4c(cc(C)n4CC(C)c4ccc(=O)[nH]c4)c3C)CC2)c2cc(CC(F)(F)F)sc2n1. The Morgan fingerprint density at radius 3 is 2.56 bits per heavy atom. The number of rotatable bonds is 9. The number of halogens is 3. The molecule has 5 heterocycles. The van der Waals surface area contributed by atoms with Crippen molar-refractivity contribution in [3.8, 4) is 0 Å². The van der Waals surface area contributed by atoms with Gasteiger partial charge in [0, 0.05) is 78.3 Å². The molecule has 1 aliphatic heterocycles. The average Bonchev–Trinajstić information content (AvgIpc) is 3.54. The van der Waals surface area contributed by atoms with Crippen LogP contribution in [0.4, 0.5) is 19.0 Å². The van der Waals surface area contributed by atoms with E-state index in [0.717, 1.165) is 55.9 Å². The summed E-state index contributed by atoms with van der Waals surface area (Å²) in [6.45, 7) is 12.0. The van der Waals surface area contributed by atoms with Crippen LogP contribution in [0.15, 0.2) is 47.4 Å². The molecule has 0 spiro atoms. The van der Waals surface area contributed by atoms with Crippen LogP contribution in [0.5, 0.6) is 0 Å². The van der Waals surface area contributed by atoms with E-state index in [0.29, 0.717) is 28.3 Å². The molecule has 5 aromatic rings. The van der Waals surface area contributed by atoms with Crippen LogP contribution in [0, 0.1) is 13.8 Å². The van der Waals surface area contributed by atoms with Crippen molar-refractivity contribution >= 4 is 38.3 Å². The van der Waals surface area contributed by atoms with Crippen molar-refractivity contribution in [2.24, 2.45) is 0 Å². The number of anilines is 1. The molecule has 0 saturated carbocycles. The molecule has 11 heteroatoms. The maximum absolute atomic E-state index is 13.1. The molecule has 0 aliphatic carbocycles. The Bertz CT molecular complexity index is 1860. The molecule has 1 aromatic carbocycles. The highest BCUT2D eigenvalue weighted by atomic mass is 32.1. The Labute approximate surface area is 264 Å².